The number of nitrogens with zero attached hydrogens (tertiary/aromatic N) is 4. The van der Waals surface area contributed by atoms with E-state index in [1.165, 1.54) is 28.8 Å². The first-order valence-corrected chi connectivity index (χ1v) is 8.56. The largest absolute Gasteiger partial charge is 0.468 e. The van der Waals surface area contributed by atoms with Gasteiger partial charge in [0, 0.05) is 13.1 Å². The van der Waals surface area contributed by atoms with Crippen LogP contribution in [0.4, 0.5) is 0 Å². The molecule has 1 aromatic heterocycles. The summed E-state index contributed by atoms with van der Waals surface area (Å²) in [5.74, 6) is -0.674. The van der Waals surface area contributed by atoms with Gasteiger partial charge in [0.15, 0.2) is 0 Å². The fraction of sp³-hybridized carbons (Fsp3) is 0.750. The molecule has 0 aliphatic rings. The summed E-state index contributed by atoms with van der Waals surface area (Å²) in [4.78, 5) is 15.6. The van der Waals surface area contributed by atoms with E-state index in [4.69, 9.17) is 0 Å². The van der Waals surface area contributed by atoms with Crippen LogP contribution in [-0.4, -0.2) is 59.7 Å². The normalized spacial score (nSPS) is 13.3. The van der Waals surface area contributed by atoms with Gasteiger partial charge in [-0.05, 0) is 12.8 Å². The van der Waals surface area contributed by atoms with E-state index in [2.05, 4.69) is 19.5 Å². The van der Waals surface area contributed by atoms with Crippen molar-refractivity contribution in [2.75, 3.05) is 20.2 Å². The van der Waals surface area contributed by atoms with Gasteiger partial charge in [-0.2, -0.15) is 22.5 Å². The van der Waals surface area contributed by atoms with Crippen molar-refractivity contribution in [1.29, 1.82) is 0 Å². The van der Waals surface area contributed by atoms with Crippen molar-refractivity contribution < 1.29 is 17.9 Å². The highest BCUT2D eigenvalue weighted by molar-refractivity contribution is 7.87. The van der Waals surface area contributed by atoms with Gasteiger partial charge >= 0.3 is 5.97 Å². The molecular formula is C12H23N5O4S. The second kappa shape index (κ2) is 8.81. The number of hydrogen-bond acceptors (Lipinski definition) is 6. The smallest absolute Gasteiger partial charge is 0.325 e. The summed E-state index contributed by atoms with van der Waals surface area (Å²) in [5, 5.41) is 3.87. The van der Waals surface area contributed by atoms with Crippen LogP contribution in [0.1, 0.15) is 26.7 Å². The van der Waals surface area contributed by atoms with Crippen molar-refractivity contribution in [2.24, 2.45) is 0 Å². The molecule has 0 radical (unpaired) electrons. The number of nitrogens with one attached hydrogen (secondary N) is 1. The van der Waals surface area contributed by atoms with E-state index < -0.39 is 22.2 Å². The number of methoxy groups -OCH3 is 1. The minimum atomic E-state index is -3.78. The molecule has 0 saturated carbocycles. The lowest BCUT2D eigenvalue weighted by molar-refractivity contribution is -0.143. The van der Waals surface area contributed by atoms with Crippen LogP contribution in [0.25, 0.3) is 0 Å². The van der Waals surface area contributed by atoms with Crippen molar-refractivity contribution in [3.05, 3.63) is 12.7 Å². The number of carbonyl (C=O) groups is 1. The summed E-state index contributed by atoms with van der Waals surface area (Å²) >= 11 is 0. The first kappa shape index (κ1) is 18.5. The maximum absolute atomic E-state index is 12.4. The molecule has 1 rings (SSSR count). The van der Waals surface area contributed by atoms with Gasteiger partial charge in [0.1, 0.15) is 18.7 Å². The molecule has 1 N–H and O–H groups in total. The monoisotopic (exact) mass is 333 g/mol. The van der Waals surface area contributed by atoms with Gasteiger partial charge in [-0.3, -0.25) is 9.48 Å². The molecule has 1 heterocycles. The second-order valence-electron chi connectivity index (χ2n) is 4.72. The Hall–Kier alpha value is -1.52. The molecule has 0 saturated heterocycles. The van der Waals surface area contributed by atoms with E-state index in [1.807, 2.05) is 13.8 Å². The van der Waals surface area contributed by atoms with Gasteiger partial charge in [0.05, 0.1) is 13.7 Å². The predicted octanol–water partition coefficient (Wildman–Crippen LogP) is -0.224. The van der Waals surface area contributed by atoms with E-state index in [0.717, 1.165) is 0 Å². The number of ether oxygens (including phenoxy) is 1. The molecule has 0 aromatic carbocycles. The Bertz CT molecular complexity index is 540. The van der Waals surface area contributed by atoms with Crippen LogP contribution in [0.15, 0.2) is 12.7 Å². The Labute approximate surface area is 130 Å². The van der Waals surface area contributed by atoms with E-state index in [9.17, 15) is 13.2 Å². The standard InChI is InChI=1S/C12H23N5O4S/c1-4-6-17(7-5-2)22(19,20)15-11(12(18)21-3)8-16-10-13-9-14-16/h9-11,15H,4-8H2,1-3H3. The number of hydrogen-bond donors (Lipinski definition) is 1. The molecule has 1 unspecified atom stereocenters. The summed E-state index contributed by atoms with van der Waals surface area (Å²) in [6.45, 7) is 4.58. The van der Waals surface area contributed by atoms with Crippen molar-refractivity contribution >= 4 is 16.2 Å². The number of carbonyl (C=O) groups excluding carboxylic acids is 1. The maximum Gasteiger partial charge on any atom is 0.325 e. The van der Waals surface area contributed by atoms with Crippen LogP contribution < -0.4 is 4.72 Å². The predicted molar refractivity (Wildman–Crippen MR) is 80.0 cm³/mol. The molecule has 22 heavy (non-hydrogen) atoms. The Morgan fingerprint density at radius 3 is 2.45 bits per heavy atom. The van der Waals surface area contributed by atoms with Crippen molar-refractivity contribution in [2.45, 2.75) is 39.3 Å². The Kier molecular flexibility index (Phi) is 7.42. The van der Waals surface area contributed by atoms with Crippen LogP contribution in [-0.2, 0) is 26.3 Å². The molecule has 0 fully saturated rings. The van der Waals surface area contributed by atoms with Gasteiger partial charge in [0.2, 0.25) is 0 Å². The average Bonchev–Trinajstić information content (AvgIpc) is 2.98. The van der Waals surface area contributed by atoms with Crippen LogP contribution >= 0.6 is 0 Å². The van der Waals surface area contributed by atoms with Crippen LogP contribution in [0.2, 0.25) is 0 Å². The molecular weight excluding hydrogens is 310 g/mol. The molecule has 0 amide bonds. The summed E-state index contributed by atoms with van der Waals surface area (Å²) in [6.07, 6.45) is 4.09. The molecule has 0 spiro atoms. The summed E-state index contributed by atoms with van der Waals surface area (Å²) in [5.41, 5.74) is 0. The van der Waals surface area contributed by atoms with E-state index in [-0.39, 0.29) is 6.54 Å². The zero-order valence-electron chi connectivity index (χ0n) is 13.1. The third-order valence-electron chi connectivity index (χ3n) is 2.90. The third-order valence-corrected chi connectivity index (χ3v) is 4.53. The van der Waals surface area contributed by atoms with E-state index in [0.29, 0.717) is 25.9 Å². The Morgan fingerprint density at radius 2 is 2.00 bits per heavy atom. The molecule has 0 aliphatic heterocycles. The zero-order valence-corrected chi connectivity index (χ0v) is 13.9. The molecule has 126 valence electrons. The van der Waals surface area contributed by atoms with E-state index >= 15 is 0 Å². The first-order valence-electron chi connectivity index (χ1n) is 7.12. The molecule has 0 aliphatic carbocycles. The van der Waals surface area contributed by atoms with Gasteiger partial charge in [-0.25, -0.2) is 4.98 Å². The Morgan fingerprint density at radius 1 is 1.36 bits per heavy atom. The number of rotatable bonds is 10. The van der Waals surface area contributed by atoms with Crippen molar-refractivity contribution in [3.63, 3.8) is 0 Å². The highest BCUT2D eigenvalue weighted by atomic mass is 32.2. The fourth-order valence-electron chi connectivity index (χ4n) is 1.92. The lowest BCUT2D eigenvalue weighted by atomic mass is 10.3. The van der Waals surface area contributed by atoms with Crippen molar-refractivity contribution in [1.82, 2.24) is 23.8 Å². The first-order chi connectivity index (χ1) is 10.4. The second-order valence-corrected chi connectivity index (χ2v) is 6.42. The van der Waals surface area contributed by atoms with Gasteiger partial charge in [-0.1, -0.05) is 13.8 Å². The van der Waals surface area contributed by atoms with Gasteiger partial charge in [-0.15, -0.1) is 0 Å². The lowest BCUT2D eigenvalue weighted by Gasteiger charge is -2.24. The third kappa shape index (κ3) is 5.35. The van der Waals surface area contributed by atoms with E-state index in [1.54, 1.807) is 0 Å². The minimum absolute atomic E-state index is 0.0119. The van der Waals surface area contributed by atoms with Crippen LogP contribution in [0.5, 0.6) is 0 Å². The lowest BCUT2D eigenvalue weighted by Crippen LogP contribution is -2.50. The molecule has 0 bridgehead atoms. The zero-order chi connectivity index (χ0) is 16.6. The summed E-state index contributed by atoms with van der Waals surface area (Å²) in [6, 6.07) is -1.06. The summed E-state index contributed by atoms with van der Waals surface area (Å²) < 4.78 is 34.6. The van der Waals surface area contributed by atoms with Crippen LogP contribution in [0, 0.1) is 0 Å². The average molecular weight is 333 g/mol. The number of aromatic nitrogens is 3. The molecule has 10 heteroatoms. The van der Waals surface area contributed by atoms with Gasteiger partial charge in [0.25, 0.3) is 10.2 Å². The SMILES string of the molecule is CCCN(CCC)S(=O)(=O)NC(Cn1cncn1)C(=O)OC. The highest BCUT2D eigenvalue weighted by Crippen LogP contribution is 2.05. The van der Waals surface area contributed by atoms with Crippen LogP contribution in [0.3, 0.4) is 0 Å². The summed E-state index contributed by atoms with van der Waals surface area (Å²) in [7, 11) is -2.57. The number of esters is 1. The molecule has 1 aromatic rings. The minimum Gasteiger partial charge on any atom is -0.468 e. The maximum atomic E-state index is 12.4. The van der Waals surface area contributed by atoms with Crippen molar-refractivity contribution in [3.8, 4) is 0 Å². The molecule has 1 atom stereocenters. The van der Waals surface area contributed by atoms with Gasteiger partial charge < -0.3 is 4.74 Å². The highest BCUT2D eigenvalue weighted by Gasteiger charge is 2.29. The molecule has 9 nitrogen and oxygen atoms in total. The fourth-order valence-corrected chi connectivity index (χ4v) is 3.45. The Balaban J connectivity index is 2.88. The topological polar surface area (TPSA) is 106 Å². The quantitative estimate of drug-likeness (QED) is 0.593.